The Hall–Kier alpha value is -0.810. The average Bonchev–Trinajstić information content (AvgIpc) is 2.26. The molecule has 0 aromatic heterocycles. The van der Waals surface area contributed by atoms with E-state index in [1.165, 1.54) is 0 Å². The summed E-state index contributed by atoms with van der Waals surface area (Å²) in [7, 11) is 4.09. The summed E-state index contributed by atoms with van der Waals surface area (Å²) in [4.78, 5) is 6.47. The summed E-state index contributed by atoms with van der Waals surface area (Å²) in [6, 6.07) is 0. The quantitative estimate of drug-likeness (QED) is 0.374. The lowest BCUT2D eigenvalue weighted by molar-refractivity contribution is 0.145. The van der Waals surface area contributed by atoms with Crippen LogP contribution in [0.4, 0.5) is 0 Å². The van der Waals surface area contributed by atoms with Crippen molar-refractivity contribution in [2.45, 2.75) is 32.7 Å². The second-order valence-electron chi connectivity index (χ2n) is 4.89. The van der Waals surface area contributed by atoms with Crippen LogP contribution in [0, 0.1) is 0 Å². The maximum Gasteiger partial charge on any atom is 0.188 e. The number of nitrogens with one attached hydrogen (secondary N) is 1. The largest absolute Gasteiger partial charge is 0.382 e. The molecule has 0 heterocycles. The van der Waals surface area contributed by atoms with Crippen molar-refractivity contribution in [3.8, 4) is 0 Å². The van der Waals surface area contributed by atoms with Gasteiger partial charge in [0.1, 0.15) is 0 Å². The van der Waals surface area contributed by atoms with Gasteiger partial charge in [-0.05, 0) is 41.3 Å². The van der Waals surface area contributed by atoms with Crippen molar-refractivity contribution < 1.29 is 4.74 Å². The zero-order valence-corrected chi connectivity index (χ0v) is 11.9. The molecule has 102 valence electrons. The first-order chi connectivity index (χ1) is 7.90. The fraction of sp³-hybridized carbons (Fsp3) is 0.917. The van der Waals surface area contributed by atoms with Crippen molar-refractivity contribution in [1.29, 1.82) is 0 Å². The van der Waals surface area contributed by atoms with Gasteiger partial charge < -0.3 is 20.7 Å². The van der Waals surface area contributed by atoms with E-state index in [-0.39, 0.29) is 5.54 Å². The maximum atomic E-state index is 5.78. The Morgan fingerprint density at radius 3 is 2.59 bits per heavy atom. The highest BCUT2D eigenvalue weighted by atomic mass is 16.5. The van der Waals surface area contributed by atoms with Crippen LogP contribution in [0.15, 0.2) is 4.99 Å². The maximum absolute atomic E-state index is 5.78. The normalized spacial score (nSPS) is 13.2. The number of likely N-dealkylation sites (N-methyl/N-ethyl adjacent to an activating group) is 1. The predicted octanol–water partition coefficient (Wildman–Crippen LogP) is 0.658. The molecule has 0 saturated carbocycles. The molecule has 5 nitrogen and oxygen atoms in total. The van der Waals surface area contributed by atoms with Gasteiger partial charge in [-0.1, -0.05) is 0 Å². The van der Waals surface area contributed by atoms with E-state index in [1.54, 1.807) is 0 Å². The molecule has 0 saturated heterocycles. The fourth-order valence-electron chi connectivity index (χ4n) is 1.01. The van der Waals surface area contributed by atoms with Crippen LogP contribution in [0.3, 0.4) is 0 Å². The van der Waals surface area contributed by atoms with Crippen LogP contribution in [-0.4, -0.2) is 56.8 Å². The summed E-state index contributed by atoms with van der Waals surface area (Å²) in [6.45, 7) is 9.28. The monoisotopic (exact) mass is 244 g/mol. The molecule has 0 aliphatic rings. The van der Waals surface area contributed by atoms with Crippen LogP contribution in [0.5, 0.6) is 0 Å². The first-order valence-electron chi connectivity index (χ1n) is 6.19. The fourth-order valence-corrected chi connectivity index (χ4v) is 1.01. The molecule has 0 aliphatic heterocycles. The minimum atomic E-state index is 0.0254. The number of nitrogens with zero attached hydrogens (tertiary/aromatic N) is 2. The number of guanidine groups is 1. The van der Waals surface area contributed by atoms with Gasteiger partial charge in [-0.25, -0.2) is 0 Å². The number of ether oxygens (including phenoxy) is 1. The Balaban J connectivity index is 3.79. The summed E-state index contributed by atoms with van der Waals surface area (Å²) < 4.78 is 5.23. The summed E-state index contributed by atoms with van der Waals surface area (Å²) in [5.41, 5.74) is 5.80. The summed E-state index contributed by atoms with van der Waals surface area (Å²) in [5.74, 6) is 0.511. The highest BCUT2D eigenvalue weighted by Crippen LogP contribution is 2.09. The molecule has 0 radical (unpaired) electrons. The molecular formula is C12H28N4O. The lowest BCUT2D eigenvalue weighted by Gasteiger charge is -2.30. The number of nitrogens with two attached hydrogens (primary N) is 1. The first kappa shape index (κ1) is 16.2. The molecule has 0 aromatic rings. The molecule has 0 rings (SSSR count). The first-order valence-corrected chi connectivity index (χ1v) is 6.19. The van der Waals surface area contributed by atoms with Gasteiger partial charge in [0.05, 0.1) is 6.54 Å². The summed E-state index contributed by atoms with van der Waals surface area (Å²) >= 11 is 0. The van der Waals surface area contributed by atoms with Crippen molar-refractivity contribution in [3.05, 3.63) is 0 Å². The molecule has 0 spiro atoms. The highest BCUT2D eigenvalue weighted by Gasteiger charge is 2.19. The predicted molar refractivity (Wildman–Crippen MR) is 73.4 cm³/mol. The van der Waals surface area contributed by atoms with E-state index in [9.17, 15) is 0 Å². The van der Waals surface area contributed by atoms with Gasteiger partial charge in [0.15, 0.2) is 5.96 Å². The Kier molecular flexibility index (Phi) is 7.91. The van der Waals surface area contributed by atoms with E-state index in [2.05, 4.69) is 29.1 Å². The molecular weight excluding hydrogens is 216 g/mol. The summed E-state index contributed by atoms with van der Waals surface area (Å²) in [6.07, 6.45) is 0.946. The molecule has 0 unspecified atom stereocenters. The van der Waals surface area contributed by atoms with E-state index >= 15 is 0 Å². The molecule has 0 bridgehead atoms. The molecule has 17 heavy (non-hydrogen) atoms. The molecule has 0 fully saturated rings. The summed E-state index contributed by atoms with van der Waals surface area (Å²) in [5, 5.41) is 3.08. The molecule has 0 aromatic carbocycles. The van der Waals surface area contributed by atoms with Gasteiger partial charge in [-0.3, -0.25) is 4.99 Å². The molecule has 3 N–H and O–H groups in total. The number of hydrogen-bond donors (Lipinski definition) is 2. The smallest absolute Gasteiger partial charge is 0.188 e. The van der Waals surface area contributed by atoms with Crippen LogP contribution in [-0.2, 0) is 4.74 Å². The highest BCUT2D eigenvalue weighted by molar-refractivity contribution is 5.77. The average molecular weight is 244 g/mol. The van der Waals surface area contributed by atoms with E-state index in [0.717, 1.165) is 26.2 Å². The zero-order chi connectivity index (χ0) is 13.3. The van der Waals surface area contributed by atoms with Gasteiger partial charge in [0.25, 0.3) is 0 Å². The Bertz CT molecular complexity index is 227. The van der Waals surface area contributed by atoms with E-state index < -0.39 is 0 Å². The number of hydrogen-bond acceptors (Lipinski definition) is 3. The number of rotatable bonds is 8. The molecule has 0 amide bonds. The van der Waals surface area contributed by atoms with Crippen LogP contribution in [0.1, 0.15) is 27.2 Å². The minimum absolute atomic E-state index is 0.0254. The van der Waals surface area contributed by atoms with E-state index in [1.807, 2.05) is 21.0 Å². The molecule has 0 aliphatic carbocycles. The third kappa shape index (κ3) is 7.99. The lowest BCUT2D eigenvalue weighted by Crippen LogP contribution is -2.42. The third-order valence-electron chi connectivity index (χ3n) is 2.82. The second kappa shape index (κ2) is 8.31. The van der Waals surface area contributed by atoms with Crippen LogP contribution in [0.25, 0.3) is 0 Å². The van der Waals surface area contributed by atoms with Gasteiger partial charge in [0.2, 0.25) is 0 Å². The Morgan fingerprint density at radius 2 is 2.06 bits per heavy atom. The topological polar surface area (TPSA) is 62.9 Å². The van der Waals surface area contributed by atoms with Crippen LogP contribution in [0.2, 0.25) is 0 Å². The van der Waals surface area contributed by atoms with Crippen molar-refractivity contribution >= 4 is 5.96 Å². The molecule has 5 heteroatoms. The third-order valence-corrected chi connectivity index (χ3v) is 2.82. The zero-order valence-electron chi connectivity index (χ0n) is 11.9. The van der Waals surface area contributed by atoms with Crippen molar-refractivity contribution in [2.24, 2.45) is 10.7 Å². The SMILES string of the molecule is CCOCCCNC(N)=NCC(C)(C)N(C)C. The Labute approximate surface area is 105 Å². The van der Waals surface area contributed by atoms with Gasteiger partial charge in [0, 0.05) is 25.3 Å². The minimum Gasteiger partial charge on any atom is -0.382 e. The van der Waals surface area contributed by atoms with Crippen LogP contribution < -0.4 is 11.1 Å². The lowest BCUT2D eigenvalue weighted by atomic mass is 10.1. The van der Waals surface area contributed by atoms with Gasteiger partial charge >= 0.3 is 0 Å². The van der Waals surface area contributed by atoms with Crippen molar-refractivity contribution in [3.63, 3.8) is 0 Å². The van der Waals surface area contributed by atoms with Gasteiger partial charge in [-0.2, -0.15) is 0 Å². The number of aliphatic imine (C=N–C) groups is 1. The van der Waals surface area contributed by atoms with E-state index in [4.69, 9.17) is 10.5 Å². The van der Waals surface area contributed by atoms with Crippen LogP contribution >= 0.6 is 0 Å². The standard InChI is InChI=1S/C12H28N4O/c1-6-17-9-7-8-14-11(13)15-10-12(2,3)16(4)5/h6-10H2,1-5H3,(H3,13,14,15). The van der Waals surface area contributed by atoms with Gasteiger partial charge in [-0.15, -0.1) is 0 Å². The van der Waals surface area contributed by atoms with Crippen molar-refractivity contribution in [1.82, 2.24) is 10.2 Å². The van der Waals surface area contributed by atoms with E-state index in [0.29, 0.717) is 12.5 Å². The molecule has 0 atom stereocenters. The Morgan fingerprint density at radius 1 is 1.41 bits per heavy atom. The second-order valence-corrected chi connectivity index (χ2v) is 4.89. The van der Waals surface area contributed by atoms with Crippen molar-refractivity contribution in [2.75, 3.05) is 40.4 Å².